The number of rotatable bonds is 9. The molecule has 0 aromatic rings. The van der Waals surface area contributed by atoms with Gasteiger partial charge in [-0.25, -0.2) is 4.99 Å². The zero-order valence-corrected chi connectivity index (χ0v) is 19.6. The topological polar surface area (TPSA) is 74.8 Å². The van der Waals surface area contributed by atoms with Crippen molar-refractivity contribution in [2.24, 2.45) is 10.4 Å². The average Bonchev–Trinajstić information content (AvgIpc) is 2.98. The van der Waals surface area contributed by atoms with Crippen LogP contribution in [0, 0.1) is 5.41 Å². The van der Waals surface area contributed by atoms with Crippen LogP contribution in [0.5, 0.6) is 0 Å². The lowest BCUT2D eigenvalue weighted by molar-refractivity contribution is -0.121. The maximum atomic E-state index is 12.0. The second-order valence-corrected chi connectivity index (χ2v) is 8.00. The molecule has 0 bridgehead atoms. The van der Waals surface area contributed by atoms with E-state index < -0.39 is 0 Å². The number of carbonyl (C=O) groups excluding carboxylic acids is 1. The van der Waals surface area contributed by atoms with Gasteiger partial charge in [0.25, 0.3) is 0 Å². The monoisotopic (exact) mass is 482 g/mol. The summed E-state index contributed by atoms with van der Waals surface area (Å²) in [5, 5.41) is 9.63. The molecule has 0 atom stereocenters. The lowest BCUT2D eigenvalue weighted by Gasteiger charge is -2.30. The van der Waals surface area contributed by atoms with Crippen LogP contribution in [0.3, 0.4) is 0 Å². The van der Waals surface area contributed by atoms with Gasteiger partial charge >= 0.3 is 0 Å². The van der Waals surface area contributed by atoms with E-state index in [1.807, 2.05) is 34.6 Å². The van der Waals surface area contributed by atoms with Gasteiger partial charge in [-0.05, 0) is 59.3 Å². The van der Waals surface area contributed by atoms with Crippen molar-refractivity contribution in [3.8, 4) is 0 Å². The molecule has 1 saturated carbocycles. The molecule has 3 N–H and O–H groups in total. The van der Waals surface area contributed by atoms with E-state index in [-0.39, 0.29) is 42.0 Å². The van der Waals surface area contributed by atoms with E-state index in [9.17, 15) is 4.79 Å². The standard InChI is InChI=1S/C19H38N4O2.HI/c1-6-20-17(21-14-16(24)23-18(3,4)5)22-15-19(10-8-9-11-19)12-13-25-7-2;/h6-15H2,1-5H3,(H,23,24)(H2,20,21,22);1H. The molecule has 0 aliphatic heterocycles. The number of aliphatic imine (C=N–C) groups is 1. The summed E-state index contributed by atoms with van der Waals surface area (Å²) < 4.78 is 5.57. The quantitative estimate of drug-likeness (QED) is 0.204. The smallest absolute Gasteiger partial charge is 0.242 e. The third kappa shape index (κ3) is 10.5. The van der Waals surface area contributed by atoms with Crippen molar-refractivity contribution in [1.29, 1.82) is 0 Å². The Bertz CT molecular complexity index is 430. The molecule has 1 rings (SSSR count). The summed E-state index contributed by atoms with van der Waals surface area (Å²) in [6.45, 7) is 13.4. The van der Waals surface area contributed by atoms with Crippen LogP contribution in [0.4, 0.5) is 0 Å². The van der Waals surface area contributed by atoms with Crippen LogP contribution in [-0.2, 0) is 9.53 Å². The van der Waals surface area contributed by atoms with E-state index >= 15 is 0 Å². The lowest BCUT2D eigenvalue weighted by Crippen LogP contribution is -2.45. The summed E-state index contributed by atoms with van der Waals surface area (Å²) >= 11 is 0. The van der Waals surface area contributed by atoms with Gasteiger partial charge in [0, 0.05) is 31.8 Å². The Morgan fingerprint density at radius 3 is 2.35 bits per heavy atom. The molecule has 0 spiro atoms. The number of guanidine groups is 1. The largest absolute Gasteiger partial charge is 0.382 e. The molecule has 1 amide bonds. The van der Waals surface area contributed by atoms with Crippen LogP contribution in [-0.4, -0.2) is 50.3 Å². The minimum atomic E-state index is -0.231. The van der Waals surface area contributed by atoms with E-state index in [2.05, 4.69) is 20.9 Å². The molecule has 0 unspecified atom stereocenters. The van der Waals surface area contributed by atoms with Gasteiger partial charge in [-0.3, -0.25) is 4.79 Å². The fourth-order valence-corrected chi connectivity index (χ4v) is 3.29. The molecule has 154 valence electrons. The number of carbonyl (C=O) groups is 1. The minimum absolute atomic E-state index is 0. The minimum Gasteiger partial charge on any atom is -0.382 e. The molecule has 0 saturated heterocycles. The predicted octanol–water partition coefficient (Wildman–Crippen LogP) is 3.06. The maximum absolute atomic E-state index is 12.0. The third-order valence-electron chi connectivity index (χ3n) is 4.52. The molecule has 0 radical (unpaired) electrons. The number of nitrogens with one attached hydrogen (secondary N) is 3. The molecule has 26 heavy (non-hydrogen) atoms. The van der Waals surface area contributed by atoms with Crippen LogP contribution < -0.4 is 16.0 Å². The van der Waals surface area contributed by atoms with Gasteiger partial charge in [-0.2, -0.15) is 0 Å². The molecule has 1 aliphatic carbocycles. The Balaban J connectivity index is 0.00000625. The van der Waals surface area contributed by atoms with Crippen LogP contribution in [0.1, 0.15) is 66.7 Å². The van der Waals surface area contributed by atoms with Crippen molar-refractivity contribution in [2.45, 2.75) is 72.3 Å². The van der Waals surface area contributed by atoms with E-state index in [0.717, 1.165) is 32.7 Å². The summed E-state index contributed by atoms with van der Waals surface area (Å²) in [6, 6.07) is 0. The molecule has 7 heteroatoms. The number of hydrogen-bond acceptors (Lipinski definition) is 3. The summed E-state index contributed by atoms with van der Waals surface area (Å²) in [5.74, 6) is 0.658. The fourth-order valence-electron chi connectivity index (χ4n) is 3.29. The van der Waals surface area contributed by atoms with E-state index in [1.165, 1.54) is 25.7 Å². The van der Waals surface area contributed by atoms with Crippen molar-refractivity contribution in [2.75, 3.05) is 32.8 Å². The van der Waals surface area contributed by atoms with Crippen LogP contribution in [0.15, 0.2) is 4.99 Å². The summed E-state index contributed by atoms with van der Waals surface area (Å²) in [6.07, 6.45) is 6.12. The first-order chi connectivity index (χ1) is 11.8. The molecular weight excluding hydrogens is 443 g/mol. The molecule has 6 nitrogen and oxygen atoms in total. The first-order valence-electron chi connectivity index (χ1n) is 9.71. The zero-order chi connectivity index (χ0) is 18.8. The Morgan fingerprint density at radius 2 is 1.81 bits per heavy atom. The Hall–Kier alpha value is -0.570. The van der Waals surface area contributed by atoms with Crippen LogP contribution in [0.2, 0.25) is 0 Å². The Morgan fingerprint density at radius 1 is 1.15 bits per heavy atom. The average molecular weight is 482 g/mol. The van der Waals surface area contributed by atoms with Crippen molar-refractivity contribution in [1.82, 2.24) is 16.0 Å². The summed E-state index contributed by atoms with van der Waals surface area (Å²) in [7, 11) is 0. The van der Waals surface area contributed by atoms with Crippen molar-refractivity contribution in [3.63, 3.8) is 0 Å². The maximum Gasteiger partial charge on any atom is 0.242 e. The molecule has 1 fully saturated rings. The highest BCUT2D eigenvalue weighted by Crippen LogP contribution is 2.40. The van der Waals surface area contributed by atoms with Crippen molar-refractivity contribution in [3.05, 3.63) is 0 Å². The first-order valence-corrected chi connectivity index (χ1v) is 9.71. The van der Waals surface area contributed by atoms with Crippen molar-refractivity contribution < 1.29 is 9.53 Å². The number of ether oxygens (including phenoxy) is 1. The van der Waals surface area contributed by atoms with Crippen LogP contribution >= 0.6 is 24.0 Å². The van der Waals surface area contributed by atoms with Gasteiger partial charge in [0.2, 0.25) is 5.91 Å². The third-order valence-corrected chi connectivity index (χ3v) is 4.52. The highest BCUT2D eigenvalue weighted by molar-refractivity contribution is 14.0. The van der Waals surface area contributed by atoms with E-state index in [1.54, 1.807) is 0 Å². The first kappa shape index (κ1) is 25.4. The summed E-state index contributed by atoms with van der Waals surface area (Å²) in [5.41, 5.74) is 0.0601. The number of amides is 1. The van der Waals surface area contributed by atoms with Gasteiger partial charge in [0.15, 0.2) is 5.96 Å². The molecule has 0 aromatic heterocycles. The van der Waals surface area contributed by atoms with Gasteiger partial charge in [-0.1, -0.05) is 12.8 Å². The van der Waals surface area contributed by atoms with Gasteiger partial charge in [0.05, 0.1) is 0 Å². The lowest BCUT2D eigenvalue weighted by atomic mass is 9.83. The second-order valence-electron chi connectivity index (χ2n) is 8.00. The predicted molar refractivity (Wildman–Crippen MR) is 119 cm³/mol. The fraction of sp³-hybridized carbons (Fsp3) is 0.895. The number of nitrogens with zero attached hydrogens (tertiary/aromatic N) is 1. The number of halogens is 1. The molecule has 0 heterocycles. The van der Waals surface area contributed by atoms with E-state index in [4.69, 9.17) is 4.74 Å². The van der Waals surface area contributed by atoms with Crippen LogP contribution in [0.25, 0.3) is 0 Å². The molecule has 0 aromatic carbocycles. The second kappa shape index (κ2) is 12.8. The SMILES string of the molecule is CCNC(=NCC(=O)NC(C)(C)C)NCC1(CCOCC)CCCC1.I. The van der Waals surface area contributed by atoms with Gasteiger partial charge in [0.1, 0.15) is 6.54 Å². The van der Waals surface area contributed by atoms with Crippen molar-refractivity contribution >= 4 is 35.8 Å². The normalized spacial score (nSPS) is 16.7. The van der Waals surface area contributed by atoms with Gasteiger partial charge < -0.3 is 20.7 Å². The zero-order valence-electron chi connectivity index (χ0n) is 17.2. The molecule has 1 aliphatic rings. The Kier molecular flexibility index (Phi) is 12.5. The highest BCUT2D eigenvalue weighted by Gasteiger charge is 2.33. The summed E-state index contributed by atoms with van der Waals surface area (Å²) in [4.78, 5) is 16.4. The number of hydrogen-bond donors (Lipinski definition) is 3. The Labute approximate surface area is 176 Å². The van der Waals surface area contributed by atoms with E-state index in [0.29, 0.717) is 11.4 Å². The van der Waals surface area contributed by atoms with Gasteiger partial charge in [-0.15, -0.1) is 24.0 Å². The molecular formula is C19H39IN4O2. The highest BCUT2D eigenvalue weighted by atomic mass is 127.